The monoisotopic (exact) mass is 382 g/mol. The van der Waals surface area contributed by atoms with Gasteiger partial charge in [-0.3, -0.25) is 9.59 Å². The third kappa shape index (κ3) is 4.43. The average Bonchev–Trinajstić information content (AvgIpc) is 3.12. The fourth-order valence-corrected chi connectivity index (χ4v) is 3.77. The van der Waals surface area contributed by atoms with E-state index in [1.165, 1.54) is 5.56 Å². The van der Waals surface area contributed by atoms with Crippen molar-refractivity contribution in [1.29, 1.82) is 0 Å². The van der Waals surface area contributed by atoms with Crippen LogP contribution in [-0.2, 0) is 19.4 Å². The molecule has 0 spiro atoms. The third-order valence-corrected chi connectivity index (χ3v) is 5.34. The van der Waals surface area contributed by atoms with Crippen LogP contribution in [0, 0.1) is 0 Å². The van der Waals surface area contributed by atoms with Crippen molar-refractivity contribution in [3.8, 4) is 0 Å². The molecule has 2 amide bonds. The molecule has 0 radical (unpaired) electrons. The van der Waals surface area contributed by atoms with Crippen molar-refractivity contribution in [2.45, 2.75) is 52.5 Å². The van der Waals surface area contributed by atoms with E-state index in [1.54, 1.807) is 4.90 Å². The summed E-state index contributed by atoms with van der Waals surface area (Å²) >= 11 is 0. The normalized spacial score (nSPS) is 13.1. The predicted molar refractivity (Wildman–Crippen MR) is 110 cm³/mol. The highest BCUT2D eigenvalue weighted by Gasteiger charge is 2.28. The van der Waals surface area contributed by atoms with Gasteiger partial charge in [0, 0.05) is 26.2 Å². The van der Waals surface area contributed by atoms with E-state index in [0.717, 1.165) is 44.3 Å². The lowest BCUT2D eigenvalue weighted by atomic mass is 10.1. The molecule has 0 fully saturated rings. The lowest BCUT2D eigenvalue weighted by molar-refractivity contribution is 0.0766. The molecular weight excluding hydrogens is 352 g/mol. The Kier molecular flexibility index (Phi) is 6.85. The first kappa shape index (κ1) is 20.1. The van der Waals surface area contributed by atoms with Gasteiger partial charge in [-0.2, -0.15) is 0 Å². The van der Waals surface area contributed by atoms with Gasteiger partial charge in [0.2, 0.25) is 0 Å². The smallest absolute Gasteiger partial charge is 0.287 e. The summed E-state index contributed by atoms with van der Waals surface area (Å²) < 4.78 is 1.95. The molecule has 1 N–H and O–H groups in total. The Labute approximate surface area is 166 Å². The number of imidazole rings is 1. The Morgan fingerprint density at radius 1 is 1.14 bits per heavy atom. The zero-order valence-electron chi connectivity index (χ0n) is 16.9. The summed E-state index contributed by atoms with van der Waals surface area (Å²) in [4.78, 5) is 31.9. The van der Waals surface area contributed by atoms with Crippen LogP contribution in [0.5, 0.6) is 0 Å². The number of carbonyl (C=O) groups is 2. The molecule has 1 aromatic carbocycles. The van der Waals surface area contributed by atoms with Crippen LogP contribution in [0.2, 0.25) is 0 Å². The van der Waals surface area contributed by atoms with Crippen LogP contribution in [0.4, 0.5) is 0 Å². The topological polar surface area (TPSA) is 67.2 Å². The van der Waals surface area contributed by atoms with Crippen molar-refractivity contribution in [2.75, 3.05) is 19.6 Å². The number of nitrogens with one attached hydrogen (secondary N) is 1. The molecule has 28 heavy (non-hydrogen) atoms. The fourth-order valence-electron chi connectivity index (χ4n) is 3.77. The predicted octanol–water partition coefficient (Wildman–Crippen LogP) is 3.06. The van der Waals surface area contributed by atoms with Crippen LogP contribution in [0.25, 0.3) is 0 Å². The molecular formula is C22H30N4O2. The van der Waals surface area contributed by atoms with Crippen molar-refractivity contribution < 1.29 is 9.59 Å². The second-order valence-electron chi connectivity index (χ2n) is 7.16. The molecule has 6 nitrogen and oxygen atoms in total. The molecule has 150 valence electrons. The summed E-state index contributed by atoms with van der Waals surface area (Å²) in [5.74, 6) is 0.124. The summed E-state index contributed by atoms with van der Waals surface area (Å²) in [6, 6.07) is 10.2. The molecule has 2 aromatic rings. The zero-order chi connectivity index (χ0) is 19.9. The van der Waals surface area contributed by atoms with Crippen LogP contribution < -0.4 is 5.32 Å². The Hall–Kier alpha value is -2.63. The van der Waals surface area contributed by atoms with E-state index in [9.17, 15) is 9.59 Å². The minimum Gasteiger partial charge on any atom is -0.349 e. The summed E-state index contributed by atoms with van der Waals surface area (Å²) in [6.07, 6.45) is 4.64. The minimum atomic E-state index is -0.185. The SMILES string of the molecule is CCN(CC)C(=O)c1nc(C(=O)NCCCc2ccccc2)n2c1CCCC2. The zero-order valence-corrected chi connectivity index (χ0v) is 16.9. The van der Waals surface area contributed by atoms with Gasteiger partial charge in [-0.1, -0.05) is 30.3 Å². The fraction of sp³-hybridized carbons (Fsp3) is 0.500. The molecule has 0 unspecified atom stereocenters. The van der Waals surface area contributed by atoms with Crippen LogP contribution in [0.15, 0.2) is 30.3 Å². The largest absolute Gasteiger partial charge is 0.349 e. The quantitative estimate of drug-likeness (QED) is 0.714. The molecule has 0 bridgehead atoms. The highest BCUT2D eigenvalue weighted by molar-refractivity contribution is 5.97. The van der Waals surface area contributed by atoms with Gasteiger partial charge in [-0.05, 0) is 51.5 Å². The molecule has 1 aliphatic heterocycles. The molecule has 3 rings (SSSR count). The van der Waals surface area contributed by atoms with E-state index < -0.39 is 0 Å². The van der Waals surface area contributed by atoms with Crippen LogP contribution in [-0.4, -0.2) is 45.9 Å². The molecule has 0 atom stereocenters. The van der Waals surface area contributed by atoms with E-state index in [4.69, 9.17) is 0 Å². The van der Waals surface area contributed by atoms with Crippen molar-refractivity contribution in [2.24, 2.45) is 0 Å². The number of amides is 2. The molecule has 0 saturated carbocycles. The number of aryl methyl sites for hydroxylation is 1. The molecule has 0 saturated heterocycles. The lowest BCUT2D eigenvalue weighted by Gasteiger charge is -2.20. The van der Waals surface area contributed by atoms with Gasteiger partial charge in [-0.25, -0.2) is 4.98 Å². The molecule has 6 heteroatoms. The second kappa shape index (κ2) is 9.53. The molecule has 2 heterocycles. The first-order valence-electron chi connectivity index (χ1n) is 10.4. The lowest BCUT2D eigenvalue weighted by Crippen LogP contribution is -2.31. The van der Waals surface area contributed by atoms with Crippen molar-refractivity contribution >= 4 is 11.8 Å². The Bertz CT molecular complexity index is 809. The third-order valence-electron chi connectivity index (χ3n) is 5.34. The number of fused-ring (bicyclic) bond motifs is 1. The number of benzene rings is 1. The molecule has 1 aromatic heterocycles. The number of carbonyl (C=O) groups excluding carboxylic acids is 2. The highest BCUT2D eigenvalue weighted by Crippen LogP contribution is 2.22. The van der Waals surface area contributed by atoms with Gasteiger partial charge in [-0.15, -0.1) is 0 Å². The Morgan fingerprint density at radius 3 is 2.61 bits per heavy atom. The molecule has 0 aliphatic carbocycles. The maximum atomic E-state index is 12.9. The summed E-state index contributed by atoms with van der Waals surface area (Å²) in [7, 11) is 0. The number of rotatable bonds is 8. The summed E-state index contributed by atoms with van der Waals surface area (Å²) in [5.41, 5.74) is 2.64. The Morgan fingerprint density at radius 2 is 1.89 bits per heavy atom. The van der Waals surface area contributed by atoms with Crippen molar-refractivity contribution in [3.63, 3.8) is 0 Å². The highest BCUT2D eigenvalue weighted by atomic mass is 16.2. The van der Waals surface area contributed by atoms with E-state index in [-0.39, 0.29) is 11.8 Å². The number of hydrogen-bond acceptors (Lipinski definition) is 3. The van der Waals surface area contributed by atoms with Gasteiger partial charge >= 0.3 is 0 Å². The summed E-state index contributed by atoms with van der Waals surface area (Å²) in [6.45, 7) is 6.55. The number of hydrogen-bond donors (Lipinski definition) is 1. The van der Waals surface area contributed by atoms with Gasteiger partial charge in [0.15, 0.2) is 5.82 Å². The maximum Gasteiger partial charge on any atom is 0.287 e. The second-order valence-corrected chi connectivity index (χ2v) is 7.16. The van der Waals surface area contributed by atoms with E-state index in [0.29, 0.717) is 31.2 Å². The first-order valence-corrected chi connectivity index (χ1v) is 10.4. The van der Waals surface area contributed by atoms with E-state index in [2.05, 4.69) is 22.4 Å². The maximum absolute atomic E-state index is 12.9. The van der Waals surface area contributed by atoms with Gasteiger partial charge < -0.3 is 14.8 Å². The number of nitrogens with zero attached hydrogens (tertiary/aromatic N) is 3. The van der Waals surface area contributed by atoms with E-state index >= 15 is 0 Å². The Balaban J connectivity index is 1.68. The summed E-state index contributed by atoms with van der Waals surface area (Å²) in [5, 5.41) is 2.98. The minimum absolute atomic E-state index is 0.0706. The van der Waals surface area contributed by atoms with Gasteiger partial charge in [0.05, 0.1) is 5.69 Å². The number of aromatic nitrogens is 2. The van der Waals surface area contributed by atoms with E-state index in [1.807, 2.05) is 36.6 Å². The standard InChI is InChI=1S/C22H30N4O2/c1-3-25(4-2)22(28)19-18-14-8-9-16-26(18)20(24-19)21(27)23-15-10-13-17-11-6-5-7-12-17/h5-7,11-12H,3-4,8-10,13-16H2,1-2H3,(H,23,27). The van der Waals surface area contributed by atoms with Crippen LogP contribution >= 0.6 is 0 Å². The molecule has 1 aliphatic rings. The van der Waals surface area contributed by atoms with Crippen LogP contribution in [0.1, 0.15) is 65.5 Å². The van der Waals surface area contributed by atoms with Crippen molar-refractivity contribution in [3.05, 3.63) is 53.1 Å². The van der Waals surface area contributed by atoms with Gasteiger partial charge in [0.1, 0.15) is 5.69 Å². The first-order chi connectivity index (χ1) is 13.7. The van der Waals surface area contributed by atoms with Crippen molar-refractivity contribution in [1.82, 2.24) is 19.8 Å². The van der Waals surface area contributed by atoms with Gasteiger partial charge in [0.25, 0.3) is 11.8 Å². The van der Waals surface area contributed by atoms with Crippen LogP contribution in [0.3, 0.4) is 0 Å². The average molecular weight is 383 g/mol.